The maximum Gasteiger partial charge on any atom is 0.308 e. The largest absolute Gasteiger partial charge is 0.427 e. The number of ether oxygens (including phenoxy) is 1. The minimum Gasteiger partial charge on any atom is -0.427 e. The SMILES string of the molecule is CCC(C)[C@H](N)c1cccc(OC(C)=O)c1. The first-order chi connectivity index (χ1) is 7.54. The molecule has 1 unspecified atom stereocenters. The second-order valence-corrected chi connectivity index (χ2v) is 4.08. The van der Waals surface area contributed by atoms with Crippen LogP contribution in [0.3, 0.4) is 0 Å². The molecule has 16 heavy (non-hydrogen) atoms. The van der Waals surface area contributed by atoms with Gasteiger partial charge in [-0.1, -0.05) is 32.4 Å². The molecule has 0 aliphatic heterocycles. The third-order valence-electron chi connectivity index (χ3n) is 2.76. The normalized spacial score (nSPS) is 14.2. The second kappa shape index (κ2) is 5.66. The number of rotatable bonds is 4. The van der Waals surface area contributed by atoms with Crippen LogP contribution in [-0.2, 0) is 4.79 Å². The highest BCUT2D eigenvalue weighted by atomic mass is 16.5. The van der Waals surface area contributed by atoms with Gasteiger partial charge in [0.15, 0.2) is 0 Å². The van der Waals surface area contributed by atoms with Crippen LogP contribution in [0.1, 0.15) is 38.8 Å². The van der Waals surface area contributed by atoms with Gasteiger partial charge in [-0.05, 0) is 23.6 Å². The molecule has 0 saturated heterocycles. The summed E-state index contributed by atoms with van der Waals surface area (Å²) in [5.41, 5.74) is 7.12. The highest BCUT2D eigenvalue weighted by molar-refractivity contribution is 5.69. The van der Waals surface area contributed by atoms with Crippen molar-refractivity contribution < 1.29 is 9.53 Å². The third kappa shape index (κ3) is 3.35. The Kier molecular flexibility index (Phi) is 4.50. The van der Waals surface area contributed by atoms with Crippen molar-refractivity contribution in [2.45, 2.75) is 33.2 Å². The topological polar surface area (TPSA) is 52.3 Å². The minimum absolute atomic E-state index is 0.0134. The average Bonchev–Trinajstić information content (AvgIpc) is 2.26. The maximum atomic E-state index is 10.8. The molecule has 1 aromatic carbocycles. The van der Waals surface area contributed by atoms with Crippen LogP contribution in [0, 0.1) is 5.92 Å². The first kappa shape index (κ1) is 12.7. The summed E-state index contributed by atoms with van der Waals surface area (Å²) in [7, 11) is 0. The van der Waals surface area contributed by atoms with Crippen molar-refractivity contribution in [3.63, 3.8) is 0 Å². The Morgan fingerprint density at radius 1 is 1.50 bits per heavy atom. The molecular formula is C13H19NO2. The van der Waals surface area contributed by atoms with Gasteiger partial charge in [0.05, 0.1) is 0 Å². The quantitative estimate of drug-likeness (QED) is 0.628. The first-order valence-electron chi connectivity index (χ1n) is 5.58. The third-order valence-corrected chi connectivity index (χ3v) is 2.76. The minimum atomic E-state index is -0.311. The summed E-state index contributed by atoms with van der Waals surface area (Å²) in [5.74, 6) is 0.658. The van der Waals surface area contributed by atoms with E-state index in [1.807, 2.05) is 18.2 Å². The van der Waals surface area contributed by atoms with E-state index in [1.165, 1.54) is 6.92 Å². The average molecular weight is 221 g/mol. The van der Waals surface area contributed by atoms with E-state index >= 15 is 0 Å². The summed E-state index contributed by atoms with van der Waals surface area (Å²) in [4.78, 5) is 10.8. The highest BCUT2D eigenvalue weighted by Crippen LogP contribution is 2.24. The van der Waals surface area contributed by atoms with E-state index in [0.717, 1.165) is 12.0 Å². The molecule has 0 aliphatic rings. The smallest absolute Gasteiger partial charge is 0.308 e. The molecule has 0 radical (unpaired) electrons. The molecule has 3 nitrogen and oxygen atoms in total. The van der Waals surface area contributed by atoms with Crippen LogP contribution in [0.5, 0.6) is 5.75 Å². The van der Waals surface area contributed by atoms with Gasteiger partial charge in [0.25, 0.3) is 0 Å². The first-order valence-corrected chi connectivity index (χ1v) is 5.58. The molecule has 0 fully saturated rings. The zero-order valence-corrected chi connectivity index (χ0v) is 10.1. The Hall–Kier alpha value is -1.35. The molecule has 0 bridgehead atoms. The van der Waals surface area contributed by atoms with E-state index in [1.54, 1.807) is 6.07 Å². The number of hydrogen-bond donors (Lipinski definition) is 1. The monoisotopic (exact) mass is 221 g/mol. The lowest BCUT2D eigenvalue weighted by molar-refractivity contribution is -0.131. The Labute approximate surface area is 96.6 Å². The Bertz CT molecular complexity index is 363. The fourth-order valence-electron chi connectivity index (χ4n) is 1.53. The standard InChI is InChI=1S/C13H19NO2/c1-4-9(2)13(14)11-6-5-7-12(8-11)16-10(3)15/h5-9,13H,4,14H2,1-3H3/t9?,13-/m0/s1. The van der Waals surface area contributed by atoms with Crippen molar-refractivity contribution in [1.29, 1.82) is 0 Å². The predicted molar refractivity (Wildman–Crippen MR) is 64.1 cm³/mol. The molecule has 0 aromatic heterocycles. The molecule has 0 aliphatic carbocycles. The molecule has 0 saturated carbocycles. The molecule has 0 amide bonds. The lowest BCUT2D eigenvalue weighted by Crippen LogP contribution is -2.18. The summed E-state index contributed by atoms with van der Waals surface area (Å²) in [6.45, 7) is 5.62. The van der Waals surface area contributed by atoms with Crippen molar-refractivity contribution in [3.8, 4) is 5.75 Å². The number of carbonyl (C=O) groups excluding carboxylic acids is 1. The number of benzene rings is 1. The van der Waals surface area contributed by atoms with Crippen LogP contribution in [0.25, 0.3) is 0 Å². The zero-order chi connectivity index (χ0) is 12.1. The predicted octanol–water partition coefficient (Wildman–Crippen LogP) is 2.66. The van der Waals surface area contributed by atoms with Gasteiger partial charge >= 0.3 is 5.97 Å². The Morgan fingerprint density at radius 2 is 2.19 bits per heavy atom. The number of hydrogen-bond acceptors (Lipinski definition) is 3. The van der Waals surface area contributed by atoms with Gasteiger partial charge < -0.3 is 10.5 Å². The lowest BCUT2D eigenvalue weighted by atomic mass is 9.93. The van der Waals surface area contributed by atoms with Crippen molar-refractivity contribution in [3.05, 3.63) is 29.8 Å². The Balaban J connectivity index is 2.85. The van der Waals surface area contributed by atoms with Crippen molar-refractivity contribution in [2.75, 3.05) is 0 Å². The van der Waals surface area contributed by atoms with Gasteiger partial charge in [-0.25, -0.2) is 0 Å². The molecule has 0 heterocycles. The highest BCUT2D eigenvalue weighted by Gasteiger charge is 2.13. The van der Waals surface area contributed by atoms with Crippen LogP contribution in [0.4, 0.5) is 0 Å². The molecule has 2 N–H and O–H groups in total. The van der Waals surface area contributed by atoms with Gasteiger partial charge in [0.2, 0.25) is 0 Å². The summed E-state index contributed by atoms with van der Waals surface area (Å²) in [5, 5.41) is 0. The Morgan fingerprint density at radius 3 is 2.75 bits per heavy atom. The second-order valence-electron chi connectivity index (χ2n) is 4.08. The van der Waals surface area contributed by atoms with Gasteiger partial charge in [-0.15, -0.1) is 0 Å². The van der Waals surface area contributed by atoms with Crippen molar-refractivity contribution in [2.24, 2.45) is 11.7 Å². The fourth-order valence-corrected chi connectivity index (χ4v) is 1.53. The van der Waals surface area contributed by atoms with Gasteiger partial charge in [0.1, 0.15) is 5.75 Å². The van der Waals surface area contributed by atoms with Crippen LogP contribution < -0.4 is 10.5 Å². The summed E-state index contributed by atoms with van der Waals surface area (Å²) in [6, 6.07) is 7.40. The molecule has 1 aromatic rings. The summed E-state index contributed by atoms with van der Waals surface area (Å²) >= 11 is 0. The van der Waals surface area contributed by atoms with Crippen LogP contribution in [0.15, 0.2) is 24.3 Å². The van der Waals surface area contributed by atoms with Crippen LogP contribution in [0.2, 0.25) is 0 Å². The number of carbonyl (C=O) groups is 1. The van der Waals surface area contributed by atoms with Crippen molar-refractivity contribution in [1.82, 2.24) is 0 Å². The van der Waals surface area contributed by atoms with Crippen molar-refractivity contribution >= 4 is 5.97 Å². The number of nitrogens with two attached hydrogens (primary N) is 1. The van der Waals surface area contributed by atoms with E-state index in [0.29, 0.717) is 11.7 Å². The van der Waals surface area contributed by atoms with Gasteiger partial charge in [-0.3, -0.25) is 4.79 Å². The maximum absolute atomic E-state index is 10.8. The zero-order valence-electron chi connectivity index (χ0n) is 10.1. The number of esters is 1. The molecule has 1 rings (SSSR count). The van der Waals surface area contributed by atoms with Gasteiger partial charge in [-0.2, -0.15) is 0 Å². The van der Waals surface area contributed by atoms with E-state index in [4.69, 9.17) is 10.5 Å². The molecule has 0 spiro atoms. The van der Waals surface area contributed by atoms with E-state index < -0.39 is 0 Å². The van der Waals surface area contributed by atoms with E-state index in [-0.39, 0.29) is 12.0 Å². The van der Waals surface area contributed by atoms with Gasteiger partial charge in [0, 0.05) is 13.0 Å². The molecule has 2 atom stereocenters. The van der Waals surface area contributed by atoms with E-state index in [9.17, 15) is 4.79 Å². The fraction of sp³-hybridized carbons (Fsp3) is 0.462. The molecule has 88 valence electrons. The lowest BCUT2D eigenvalue weighted by Gasteiger charge is -2.19. The summed E-state index contributed by atoms with van der Waals surface area (Å²) < 4.78 is 5.02. The molecule has 3 heteroatoms. The molecular weight excluding hydrogens is 202 g/mol. The van der Waals surface area contributed by atoms with E-state index in [2.05, 4.69) is 13.8 Å². The van der Waals surface area contributed by atoms with Crippen LogP contribution >= 0.6 is 0 Å². The summed E-state index contributed by atoms with van der Waals surface area (Å²) in [6.07, 6.45) is 1.03. The van der Waals surface area contributed by atoms with Crippen LogP contribution in [-0.4, -0.2) is 5.97 Å².